The molecule has 5 heteroatoms. The largest absolute Gasteiger partial charge is 0.465 e. The van der Waals surface area contributed by atoms with Crippen LogP contribution in [0.25, 0.3) is 0 Å². The predicted octanol–water partition coefficient (Wildman–Crippen LogP) is 3.47. The summed E-state index contributed by atoms with van der Waals surface area (Å²) in [5, 5.41) is 2.86. The second-order valence-corrected chi connectivity index (χ2v) is 5.32. The van der Waals surface area contributed by atoms with Crippen LogP contribution in [0.2, 0.25) is 0 Å². The molecule has 1 rings (SSSR count). The number of nitrogens with one attached hydrogen (secondary N) is 1. The van der Waals surface area contributed by atoms with Crippen LogP contribution in [0.1, 0.15) is 33.1 Å². The molecule has 0 saturated heterocycles. The number of carbonyl (C=O) groups excluding carboxylic acids is 2. The Balaban J connectivity index is 2.48. The molecule has 0 saturated carbocycles. The Bertz CT molecular complexity index is 448. The molecule has 0 unspecified atom stereocenters. The van der Waals surface area contributed by atoms with Crippen LogP contribution in [-0.2, 0) is 14.3 Å². The lowest BCUT2D eigenvalue weighted by atomic mass is 10.2. The topological polar surface area (TPSA) is 55.4 Å². The van der Waals surface area contributed by atoms with Crippen LogP contribution >= 0.6 is 11.8 Å². The van der Waals surface area contributed by atoms with Crippen molar-refractivity contribution in [3.05, 3.63) is 24.3 Å². The Morgan fingerprint density at radius 2 is 2.10 bits per heavy atom. The molecule has 0 aliphatic rings. The maximum atomic E-state index is 11.6. The lowest BCUT2D eigenvalue weighted by molar-refractivity contribution is -0.139. The lowest BCUT2D eigenvalue weighted by Gasteiger charge is -2.07. The van der Waals surface area contributed by atoms with E-state index in [9.17, 15) is 9.59 Å². The summed E-state index contributed by atoms with van der Waals surface area (Å²) in [7, 11) is 0. The summed E-state index contributed by atoms with van der Waals surface area (Å²) in [5.74, 6) is 0.0791. The van der Waals surface area contributed by atoms with E-state index < -0.39 is 0 Å². The number of unbranched alkanes of at least 4 members (excludes halogenated alkanes) is 1. The van der Waals surface area contributed by atoms with Gasteiger partial charge in [0.1, 0.15) is 0 Å². The van der Waals surface area contributed by atoms with Crippen molar-refractivity contribution < 1.29 is 14.3 Å². The monoisotopic (exact) mass is 295 g/mol. The smallest absolute Gasteiger partial charge is 0.316 e. The first-order valence-electron chi connectivity index (χ1n) is 6.84. The summed E-state index contributed by atoms with van der Waals surface area (Å²) in [6.45, 7) is 4.24. The average Bonchev–Trinajstić information content (AvgIpc) is 2.44. The van der Waals surface area contributed by atoms with Gasteiger partial charge in [-0.3, -0.25) is 9.59 Å². The SMILES string of the molecule is CCCCC(=O)Nc1cccc(SCC(=O)OCC)c1. The third kappa shape index (κ3) is 6.61. The summed E-state index contributed by atoms with van der Waals surface area (Å²) >= 11 is 1.40. The number of thioether (sulfide) groups is 1. The minimum Gasteiger partial charge on any atom is -0.465 e. The Labute approximate surface area is 124 Å². The molecule has 4 nitrogen and oxygen atoms in total. The van der Waals surface area contributed by atoms with E-state index in [0.29, 0.717) is 13.0 Å². The summed E-state index contributed by atoms with van der Waals surface area (Å²) < 4.78 is 4.87. The molecule has 1 aromatic rings. The molecule has 0 aromatic heterocycles. The zero-order chi connectivity index (χ0) is 14.8. The molecule has 110 valence electrons. The Hall–Kier alpha value is -1.49. The van der Waals surface area contributed by atoms with Crippen LogP contribution < -0.4 is 5.32 Å². The number of hydrogen-bond acceptors (Lipinski definition) is 4. The van der Waals surface area contributed by atoms with Crippen LogP contribution in [0, 0.1) is 0 Å². The van der Waals surface area contributed by atoms with Gasteiger partial charge in [-0.25, -0.2) is 0 Å². The van der Waals surface area contributed by atoms with Crippen molar-refractivity contribution in [1.29, 1.82) is 0 Å². The minimum absolute atomic E-state index is 0.0272. The number of ether oxygens (including phenoxy) is 1. The summed E-state index contributed by atoms with van der Waals surface area (Å²) in [6, 6.07) is 7.49. The second-order valence-electron chi connectivity index (χ2n) is 4.27. The van der Waals surface area contributed by atoms with Crippen LogP contribution in [0.3, 0.4) is 0 Å². The maximum Gasteiger partial charge on any atom is 0.316 e. The first-order chi connectivity index (χ1) is 9.65. The zero-order valence-electron chi connectivity index (χ0n) is 12.0. The number of anilines is 1. The van der Waals surface area contributed by atoms with Gasteiger partial charge >= 0.3 is 5.97 Å². The maximum absolute atomic E-state index is 11.6. The van der Waals surface area contributed by atoms with Crippen molar-refractivity contribution in [3.8, 4) is 0 Å². The van der Waals surface area contributed by atoms with Crippen LogP contribution in [0.15, 0.2) is 29.2 Å². The number of benzene rings is 1. The van der Waals surface area contributed by atoms with Crippen LogP contribution in [0.5, 0.6) is 0 Å². The van der Waals surface area contributed by atoms with Crippen molar-refractivity contribution in [2.45, 2.75) is 38.0 Å². The highest BCUT2D eigenvalue weighted by molar-refractivity contribution is 8.00. The molecule has 20 heavy (non-hydrogen) atoms. The fraction of sp³-hybridized carbons (Fsp3) is 0.467. The van der Waals surface area contributed by atoms with E-state index >= 15 is 0 Å². The molecule has 0 aliphatic heterocycles. The van der Waals surface area contributed by atoms with Crippen molar-refractivity contribution >= 4 is 29.3 Å². The van der Waals surface area contributed by atoms with Gasteiger partial charge in [-0.15, -0.1) is 11.8 Å². The normalized spacial score (nSPS) is 10.1. The van der Waals surface area contributed by atoms with E-state index in [2.05, 4.69) is 12.2 Å². The Morgan fingerprint density at radius 1 is 1.30 bits per heavy atom. The summed E-state index contributed by atoms with van der Waals surface area (Å²) in [6.07, 6.45) is 2.43. The van der Waals surface area contributed by atoms with E-state index in [0.717, 1.165) is 23.4 Å². The van der Waals surface area contributed by atoms with E-state index in [1.165, 1.54) is 11.8 Å². The second kappa shape index (κ2) is 9.42. The Morgan fingerprint density at radius 3 is 2.80 bits per heavy atom. The van der Waals surface area contributed by atoms with E-state index in [1.807, 2.05) is 24.3 Å². The predicted molar refractivity (Wildman–Crippen MR) is 82.0 cm³/mol. The molecule has 1 N–H and O–H groups in total. The number of amides is 1. The summed E-state index contributed by atoms with van der Waals surface area (Å²) in [4.78, 5) is 23.9. The highest BCUT2D eigenvalue weighted by atomic mass is 32.2. The average molecular weight is 295 g/mol. The van der Waals surface area contributed by atoms with Crippen molar-refractivity contribution in [2.24, 2.45) is 0 Å². The molecule has 0 spiro atoms. The van der Waals surface area contributed by atoms with Gasteiger partial charge in [-0.2, -0.15) is 0 Å². The van der Waals surface area contributed by atoms with Gasteiger partial charge in [0.25, 0.3) is 0 Å². The Kier molecular flexibility index (Phi) is 7.80. The van der Waals surface area contributed by atoms with E-state index in [4.69, 9.17) is 4.74 Å². The molecule has 0 aliphatic carbocycles. The van der Waals surface area contributed by atoms with E-state index in [-0.39, 0.29) is 17.6 Å². The molecular formula is C15H21NO3S. The third-order valence-electron chi connectivity index (χ3n) is 2.54. The van der Waals surface area contributed by atoms with Crippen molar-refractivity contribution in [2.75, 3.05) is 17.7 Å². The van der Waals surface area contributed by atoms with Gasteiger partial charge in [-0.05, 0) is 31.5 Å². The quantitative estimate of drug-likeness (QED) is 0.589. The molecule has 0 heterocycles. The van der Waals surface area contributed by atoms with Gasteiger partial charge in [0, 0.05) is 17.0 Å². The molecule has 0 atom stereocenters. The number of rotatable bonds is 8. The highest BCUT2D eigenvalue weighted by Gasteiger charge is 2.05. The molecule has 0 bridgehead atoms. The van der Waals surface area contributed by atoms with Crippen molar-refractivity contribution in [3.63, 3.8) is 0 Å². The standard InChI is InChI=1S/C15H21NO3S/c1-3-5-9-14(17)16-12-7-6-8-13(10-12)20-11-15(18)19-4-2/h6-8,10H,3-5,9,11H2,1-2H3,(H,16,17). The van der Waals surface area contributed by atoms with Crippen LogP contribution in [0.4, 0.5) is 5.69 Å². The molecule has 1 aromatic carbocycles. The van der Waals surface area contributed by atoms with Crippen LogP contribution in [-0.4, -0.2) is 24.2 Å². The first kappa shape index (κ1) is 16.6. The van der Waals surface area contributed by atoms with Crippen molar-refractivity contribution in [1.82, 2.24) is 0 Å². The molecule has 1 amide bonds. The highest BCUT2D eigenvalue weighted by Crippen LogP contribution is 2.22. The van der Waals surface area contributed by atoms with Gasteiger partial charge in [0.2, 0.25) is 5.91 Å². The minimum atomic E-state index is -0.227. The summed E-state index contributed by atoms with van der Waals surface area (Å²) in [5.41, 5.74) is 0.764. The van der Waals surface area contributed by atoms with Gasteiger partial charge in [0.15, 0.2) is 0 Å². The van der Waals surface area contributed by atoms with Gasteiger partial charge in [-0.1, -0.05) is 19.4 Å². The number of hydrogen-bond donors (Lipinski definition) is 1. The fourth-order valence-corrected chi connectivity index (χ4v) is 2.32. The zero-order valence-corrected chi connectivity index (χ0v) is 12.8. The third-order valence-corrected chi connectivity index (χ3v) is 3.50. The lowest BCUT2D eigenvalue weighted by Crippen LogP contribution is -2.11. The van der Waals surface area contributed by atoms with Gasteiger partial charge < -0.3 is 10.1 Å². The van der Waals surface area contributed by atoms with E-state index in [1.54, 1.807) is 6.92 Å². The number of esters is 1. The first-order valence-corrected chi connectivity index (χ1v) is 7.82. The van der Waals surface area contributed by atoms with Gasteiger partial charge in [0.05, 0.1) is 12.4 Å². The molecular weight excluding hydrogens is 274 g/mol. The molecule has 0 radical (unpaired) electrons. The number of carbonyl (C=O) groups is 2. The molecule has 0 fully saturated rings. The fourth-order valence-electron chi connectivity index (χ4n) is 1.57.